The lowest BCUT2D eigenvalue weighted by molar-refractivity contribution is -0.143. The average molecular weight is 1070 g/mol. The van der Waals surface area contributed by atoms with Gasteiger partial charge in [0, 0.05) is 12.8 Å². The van der Waals surface area contributed by atoms with Crippen molar-refractivity contribution in [3.63, 3.8) is 0 Å². The Morgan fingerprint density at radius 3 is 0.934 bits per heavy atom. The van der Waals surface area contributed by atoms with Crippen LogP contribution in [0.3, 0.4) is 0 Å². The molecule has 6 heteroatoms. The van der Waals surface area contributed by atoms with Crippen LogP contribution in [-0.4, -0.2) is 47.4 Å². The Bertz CT molecular complexity index is 1230. The zero-order valence-electron chi connectivity index (χ0n) is 51.3. The molecule has 0 aliphatic carbocycles. The molecule has 1 amide bonds. The Balaban J connectivity index is 3.45. The van der Waals surface area contributed by atoms with Crippen molar-refractivity contribution >= 4 is 11.9 Å². The van der Waals surface area contributed by atoms with Crippen molar-refractivity contribution in [2.75, 3.05) is 13.2 Å². The van der Waals surface area contributed by atoms with E-state index in [1.165, 1.54) is 295 Å². The lowest BCUT2D eigenvalue weighted by Gasteiger charge is -2.20. The van der Waals surface area contributed by atoms with E-state index in [0.29, 0.717) is 19.4 Å². The number of carbonyl (C=O) groups excluding carboxylic acids is 2. The number of esters is 1. The number of carbonyl (C=O) groups is 2. The van der Waals surface area contributed by atoms with Crippen molar-refractivity contribution in [2.45, 2.75) is 386 Å². The summed E-state index contributed by atoms with van der Waals surface area (Å²) >= 11 is 0. The molecule has 0 fully saturated rings. The van der Waals surface area contributed by atoms with E-state index in [0.717, 1.165) is 51.4 Å². The van der Waals surface area contributed by atoms with E-state index < -0.39 is 12.1 Å². The second-order valence-corrected chi connectivity index (χ2v) is 23.5. The monoisotopic (exact) mass is 1070 g/mol. The third-order valence-electron chi connectivity index (χ3n) is 15.9. The molecule has 0 saturated carbocycles. The molecule has 0 heterocycles. The highest BCUT2D eigenvalue weighted by atomic mass is 16.5. The zero-order chi connectivity index (χ0) is 55.0. The summed E-state index contributed by atoms with van der Waals surface area (Å²) in [4.78, 5) is 24.6. The highest BCUT2D eigenvalue weighted by molar-refractivity contribution is 5.76. The van der Waals surface area contributed by atoms with Gasteiger partial charge >= 0.3 is 5.97 Å². The van der Waals surface area contributed by atoms with Crippen LogP contribution in [0.25, 0.3) is 0 Å². The highest BCUT2D eigenvalue weighted by Crippen LogP contribution is 2.18. The van der Waals surface area contributed by atoms with Crippen LogP contribution in [-0.2, 0) is 14.3 Å². The first-order chi connectivity index (χ1) is 37.5. The molecule has 0 aromatic rings. The summed E-state index contributed by atoms with van der Waals surface area (Å²) in [5, 5.41) is 23.2. The maximum atomic E-state index is 12.5. The molecule has 0 aromatic carbocycles. The van der Waals surface area contributed by atoms with Crippen molar-refractivity contribution in [3.05, 3.63) is 36.5 Å². The molecule has 76 heavy (non-hydrogen) atoms. The number of aliphatic hydroxyl groups is 2. The molecular weight excluding hydrogens is 935 g/mol. The Hall–Kier alpha value is -1.92. The maximum absolute atomic E-state index is 12.5. The molecule has 0 saturated heterocycles. The minimum atomic E-state index is -0.851. The predicted molar refractivity (Wildman–Crippen MR) is 333 cm³/mol. The number of allylic oxidation sites excluding steroid dienone is 5. The SMILES string of the molecule is CCCCCCC/C=C\CCCCCCCC(=O)OCCCCCCCCCCCCC/C=C\CCCCCCCCCC(=O)NC(CO)C(O)/C=C/CCCCCCCCCCCCCCCCCCCCCCC. The highest BCUT2D eigenvalue weighted by Gasteiger charge is 2.18. The molecule has 0 aliphatic rings. The van der Waals surface area contributed by atoms with Gasteiger partial charge in [-0.05, 0) is 83.5 Å². The van der Waals surface area contributed by atoms with Crippen molar-refractivity contribution in [3.8, 4) is 0 Å². The first kappa shape index (κ1) is 74.1. The van der Waals surface area contributed by atoms with Crippen molar-refractivity contribution in [2.24, 2.45) is 0 Å². The van der Waals surface area contributed by atoms with Crippen LogP contribution in [0, 0.1) is 0 Å². The van der Waals surface area contributed by atoms with E-state index in [1.54, 1.807) is 6.08 Å². The minimum Gasteiger partial charge on any atom is -0.466 e. The smallest absolute Gasteiger partial charge is 0.305 e. The van der Waals surface area contributed by atoms with Crippen molar-refractivity contribution in [1.29, 1.82) is 0 Å². The fraction of sp³-hybridized carbons (Fsp3) is 0.886. The standard InChI is InChI=1S/C70H133NO5/c1-3-5-7-9-11-13-15-17-19-20-21-22-23-26-29-32-35-38-42-46-50-54-58-62-68(73)67(66-72)71-69(74)63-59-55-51-47-43-39-36-33-30-27-24-25-28-31-34-37-41-45-49-53-57-61-65-76-70(75)64-60-56-52-48-44-40-18-16-14-12-10-8-6-4-2/h16,18,27,30,58,62,67-68,72-73H,3-15,17,19-26,28-29,31-57,59-61,63-66H2,1-2H3,(H,71,74)/b18-16-,30-27-,62-58+. The number of ether oxygens (including phenoxy) is 1. The van der Waals surface area contributed by atoms with E-state index in [9.17, 15) is 19.8 Å². The van der Waals surface area contributed by atoms with E-state index >= 15 is 0 Å². The normalized spacial score (nSPS) is 12.7. The van der Waals surface area contributed by atoms with Gasteiger partial charge in [-0.1, -0.05) is 314 Å². The molecule has 0 spiro atoms. The lowest BCUT2D eigenvalue weighted by Crippen LogP contribution is -2.45. The molecule has 2 unspecified atom stereocenters. The number of aliphatic hydroxyl groups excluding tert-OH is 2. The number of rotatable bonds is 64. The van der Waals surface area contributed by atoms with Gasteiger partial charge in [-0.3, -0.25) is 9.59 Å². The topological polar surface area (TPSA) is 95.9 Å². The summed E-state index contributed by atoms with van der Waals surface area (Å²) in [6.45, 7) is 4.91. The number of nitrogens with one attached hydrogen (secondary N) is 1. The fourth-order valence-electron chi connectivity index (χ4n) is 10.6. The van der Waals surface area contributed by atoms with Gasteiger partial charge in [0.1, 0.15) is 0 Å². The van der Waals surface area contributed by atoms with E-state index in [1.807, 2.05) is 6.08 Å². The van der Waals surface area contributed by atoms with Gasteiger partial charge in [-0.15, -0.1) is 0 Å². The Morgan fingerprint density at radius 2 is 0.618 bits per heavy atom. The summed E-state index contributed by atoms with van der Waals surface area (Å²) in [5.74, 6) is -0.0704. The van der Waals surface area contributed by atoms with Crippen LogP contribution in [0.5, 0.6) is 0 Å². The Morgan fingerprint density at radius 1 is 0.355 bits per heavy atom. The summed E-state index contributed by atoms with van der Waals surface area (Å²) in [7, 11) is 0. The lowest BCUT2D eigenvalue weighted by atomic mass is 10.0. The molecule has 0 bridgehead atoms. The Labute approximate surface area is 474 Å². The number of hydrogen-bond acceptors (Lipinski definition) is 5. The summed E-state index contributed by atoms with van der Waals surface area (Å²) in [6.07, 6.45) is 83.5. The van der Waals surface area contributed by atoms with E-state index in [-0.39, 0.29) is 18.5 Å². The second kappa shape index (κ2) is 65.6. The van der Waals surface area contributed by atoms with Gasteiger partial charge in [-0.25, -0.2) is 0 Å². The molecule has 0 radical (unpaired) electrons. The van der Waals surface area contributed by atoms with Crippen molar-refractivity contribution < 1.29 is 24.5 Å². The molecular formula is C70H133NO5. The largest absolute Gasteiger partial charge is 0.466 e. The molecule has 448 valence electrons. The number of unbranched alkanes of at least 4 members (excludes halogenated alkanes) is 49. The maximum Gasteiger partial charge on any atom is 0.305 e. The zero-order valence-corrected chi connectivity index (χ0v) is 51.3. The van der Waals surface area contributed by atoms with Gasteiger partial charge in [0.2, 0.25) is 5.91 Å². The third kappa shape index (κ3) is 61.3. The molecule has 2 atom stereocenters. The summed E-state index contributed by atoms with van der Waals surface area (Å²) in [6, 6.07) is -0.635. The molecule has 0 aromatic heterocycles. The predicted octanol–water partition coefficient (Wildman–Crippen LogP) is 21.9. The molecule has 6 nitrogen and oxygen atoms in total. The van der Waals surface area contributed by atoms with Gasteiger partial charge in [0.15, 0.2) is 0 Å². The third-order valence-corrected chi connectivity index (χ3v) is 15.9. The first-order valence-electron chi connectivity index (χ1n) is 34.3. The molecule has 0 rings (SSSR count). The number of hydrogen-bond donors (Lipinski definition) is 3. The van der Waals surface area contributed by atoms with Gasteiger partial charge in [0.05, 0.1) is 25.4 Å². The summed E-state index contributed by atoms with van der Waals surface area (Å²) < 4.78 is 5.48. The van der Waals surface area contributed by atoms with Gasteiger partial charge < -0.3 is 20.3 Å². The van der Waals surface area contributed by atoms with Crippen molar-refractivity contribution in [1.82, 2.24) is 5.32 Å². The Kier molecular flexibility index (Phi) is 63.9. The van der Waals surface area contributed by atoms with Gasteiger partial charge in [-0.2, -0.15) is 0 Å². The van der Waals surface area contributed by atoms with Gasteiger partial charge in [0.25, 0.3) is 0 Å². The molecule has 0 aliphatic heterocycles. The van der Waals surface area contributed by atoms with Crippen LogP contribution in [0.1, 0.15) is 373 Å². The van der Waals surface area contributed by atoms with E-state index in [4.69, 9.17) is 4.74 Å². The van der Waals surface area contributed by atoms with Crippen LogP contribution >= 0.6 is 0 Å². The first-order valence-corrected chi connectivity index (χ1v) is 34.3. The van der Waals surface area contributed by atoms with Crippen LogP contribution in [0.2, 0.25) is 0 Å². The van der Waals surface area contributed by atoms with Crippen LogP contribution in [0.15, 0.2) is 36.5 Å². The quantitative estimate of drug-likeness (QED) is 0.0320. The summed E-state index contributed by atoms with van der Waals surface area (Å²) in [5.41, 5.74) is 0. The molecule has 3 N–H and O–H groups in total. The minimum absolute atomic E-state index is 0.00127. The van der Waals surface area contributed by atoms with Crippen LogP contribution in [0.4, 0.5) is 0 Å². The average Bonchev–Trinajstić information content (AvgIpc) is 3.42. The number of amides is 1. The van der Waals surface area contributed by atoms with Crippen LogP contribution < -0.4 is 5.32 Å². The van der Waals surface area contributed by atoms with E-state index in [2.05, 4.69) is 43.5 Å². The fourth-order valence-corrected chi connectivity index (χ4v) is 10.6. The second-order valence-electron chi connectivity index (χ2n) is 23.5.